The van der Waals surface area contributed by atoms with Crippen molar-refractivity contribution in [1.82, 2.24) is 9.97 Å². The summed E-state index contributed by atoms with van der Waals surface area (Å²) in [4.78, 5) is 20.9. The minimum absolute atomic E-state index is 0.343. The number of benzene rings is 2. The summed E-state index contributed by atoms with van der Waals surface area (Å²) in [7, 11) is 0. The minimum Gasteiger partial charge on any atom is -0.450 e. The Balaban J connectivity index is 1.58. The lowest BCUT2D eigenvalue weighted by molar-refractivity contribution is 0.168. The van der Waals surface area contributed by atoms with Gasteiger partial charge in [-0.05, 0) is 56.2 Å². The number of nitrogens with zero attached hydrogens (tertiary/aromatic N) is 2. The van der Waals surface area contributed by atoms with Crippen LogP contribution in [-0.2, 0) is 4.74 Å². The lowest BCUT2D eigenvalue weighted by Gasteiger charge is -2.11. The van der Waals surface area contributed by atoms with Crippen molar-refractivity contribution in [3.05, 3.63) is 54.4 Å². The number of ether oxygens (including phenoxy) is 1. The van der Waals surface area contributed by atoms with E-state index in [0.717, 1.165) is 41.1 Å². The second kappa shape index (κ2) is 7.00. The Morgan fingerprint density at radius 2 is 1.81 bits per heavy atom. The third-order valence-corrected chi connectivity index (χ3v) is 4.23. The van der Waals surface area contributed by atoms with Gasteiger partial charge >= 0.3 is 6.09 Å². The second-order valence-corrected chi connectivity index (χ2v) is 6.27. The Labute approximate surface area is 151 Å². The van der Waals surface area contributed by atoms with Gasteiger partial charge in [0, 0.05) is 22.7 Å². The van der Waals surface area contributed by atoms with Gasteiger partial charge in [-0.25, -0.2) is 14.8 Å². The predicted octanol–water partition coefficient (Wildman–Crippen LogP) is 4.82. The summed E-state index contributed by atoms with van der Waals surface area (Å²) in [6, 6.07) is 15.5. The van der Waals surface area contributed by atoms with E-state index >= 15 is 0 Å². The smallest absolute Gasteiger partial charge is 0.411 e. The van der Waals surface area contributed by atoms with E-state index in [1.807, 2.05) is 48.5 Å². The summed E-state index contributed by atoms with van der Waals surface area (Å²) in [6.07, 6.45) is 1.86. The molecular formula is C20H20N4O2. The lowest BCUT2D eigenvalue weighted by atomic mass is 10.2. The van der Waals surface area contributed by atoms with Gasteiger partial charge in [-0.15, -0.1) is 0 Å². The fourth-order valence-corrected chi connectivity index (χ4v) is 2.77. The maximum atomic E-state index is 11.5. The first kappa shape index (κ1) is 16.3. The summed E-state index contributed by atoms with van der Waals surface area (Å²) in [6.45, 7) is 2.12. The zero-order valence-electron chi connectivity index (χ0n) is 14.5. The number of para-hydroxylation sites is 1. The third kappa shape index (κ3) is 3.59. The van der Waals surface area contributed by atoms with Crippen LogP contribution in [0.4, 0.5) is 22.0 Å². The zero-order valence-corrected chi connectivity index (χ0v) is 14.5. The van der Waals surface area contributed by atoms with Crippen molar-refractivity contribution in [3.8, 4) is 0 Å². The van der Waals surface area contributed by atoms with Crippen LogP contribution in [0.25, 0.3) is 10.9 Å². The van der Waals surface area contributed by atoms with E-state index in [9.17, 15) is 4.79 Å². The van der Waals surface area contributed by atoms with Gasteiger partial charge in [0.15, 0.2) is 0 Å². The number of anilines is 3. The van der Waals surface area contributed by atoms with Gasteiger partial charge < -0.3 is 10.1 Å². The van der Waals surface area contributed by atoms with Crippen LogP contribution >= 0.6 is 0 Å². The molecule has 2 N–H and O–H groups in total. The van der Waals surface area contributed by atoms with Crippen molar-refractivity contribution in [2.45, 2.75) is 25.7 Å². The molecule has 0 spiro atoms. The van der Waals surface area contributed by atoms with Crippen LogP contribution in [0.5, 0.6) is 0 Å². The maximum Gasteiger partial charge on any atom is 0.411 e. The van der Waals surface area contributed by atoms with Crippen LogP contribution in [0.2, 0.25) is 0 Å². The summed E-state index contributed by atoms with van der Waals surface area (Å²) in [5, 5.41) is 7.05. The van der Waals surface area contributed by atoms with Gasteiger partial charge in [0.2, 0.25) is 0 Å². The molecule has 0 unspecified atom stereocenters. The first-order valence-corrected chi connectivity index (χ1v) is 8.80. The van der Waals surface area contributed by atoms with Crippen LogP contribution in [-0.4, -0.2) is 22.7 Å². The Kier molecular flexibility index (Phi) is 4.39. The molecule has 0 bridgehead atoms. The van der Waals surface area contributed by atoms with Gasteiger partial charge in [0.25, 0.3) is 0 Å². The first-order valence-electron chi connectivity index (χ1n) is 8.80. The topological polar surface area (TPSA) is 76.1 Å². The predicted molar refractivity (Wildman–Crippen MR) is 102 cm³/mol. The molecule has 3 aromatic rings. The highest BCUT2D eigenvalue weighted by Gasteiger charge is 2.27. The highest BCUT2D eigenvalue weighted by Crippen LogP contribution is 2.39. The average Bonchev–Trinajstić information content (AvgIpc) is 3.49. The zero-order chi connectivity index (χ0) is 17.9. The van der Waals surface area contributed by atoms with E-state index in [0.29, 0.717) is 18.2 Å². The maximum absolute atomic E-state index is 11.5. The first-order chi connectivity index (χ1) is 12.7. The molecule has 6 heteroatoms. The van der Waals surface area contributed by atoms with Gasteiger partial charge in [0.05, 0.1) is 12.1 Å². The number of carbonyl (C=O) groups is 1. The van der Waals surface area contributed by atoms with Crippen LogP contribution in [0, 0.1) is 0 Å². The van der Waals surface area contributed by atoms with Crippen molar-refractivity contribution < 1.29 is 9.53 Å². The van der Waals surface area contributed by atoms with E-state index in [1.54, 1.807) is 6.92 Å². The van der Waals surface area contributed by atoms with Crippen LogP contribution in [0.3, 0.4) is 0 Å². The molecule has 2 aromatic carbocycles. The molecule has 26 heavy (non-hydrogen) atoms. The number of carbonyl (C=O) groups excluding carboxylic acids is 1. The minimum atomic E-state index is -0.455. The summed E-state index contributed by atoms with van der Waals surface area (Å²) in [5.41, 5.74) is 2.53. The van der Waals surface area contributed by atoms with E-state index in [2.05, 4.69) is 10.6 Å². The van der Waals surface area contributed by atoms with Crippen molar-refractivity contribution in [2.24, 2.45) is 0 Å². The molecule has 0 saturated heterocycles. The van der Waals surface area contributed by atoms with Gasteiger partial charge in [-0.1, -0.05) is 12.1 Å². The highest BCUT2D eigenvalue weighted by molar-refractivity contribution is 5.91. The van der Waals surface area contributed by atoms with Crippen LogP contribution in [0.1, 0.15) is 31.5 Å². The fraction of sp³-hybridized carbons (Fsp3) is 0.250. The van der Waals surface area contributed by atoms with Crippen molar-refractivity contribution in [1.29, 1.82) is 0 Å². The van der Waals surface area contributed by atoms with Gasteiger partial charge in [0.1, 0.15) is 11.6 Å². The Hall–Kier alpha value is -3.15. The van der Waals surface area contributed by atoms with E-state index < -0.39 is 6.09 Å². The Morgan fingerprint density at radius 3 is 2.54 bits per heavy atom. The fourth-order valence-electron chi connectivity index (χ4n) is 2.77. The monoisotopic (exact) mass is 348 g/mol. The number of hydrogen-bond acceptors (Lipinski definition) is 5. The molecule has 1 aliphatic rings. The molecule has 1 heterocycles. The number of nitrogens with one attached hydrogen (secondary N) is 2. The molecule has 1 aromatic heterocycles. The molecule has 0 radical (unpaired) electrons. The average molecular weight is 348 g/mol. The van der Waals surface area contributed by atoms with Crippen LogP contribution < -0.4 is 10.6 Å². The third-order valence-electron chi connectivity index (χ3n) is 4.23. The number of aromatic nitrogens is 2. The Morgan fingerprint density at radius 1 is 1.08 bits per heavy atom. The quantitative estimate of drug-likeness (QED) is 0.691. The molecular weight excluding hydrogens is 328 g/mol. The Bertz CT molecular complexity index is 936. The summed E-state index contributed by atoms with van der Waals surface area (Å²) >= 11 is 0. The van der Waals surface area contributed by atoms with Gasteiger partial charge in [-0.2, -0.15) is 0 Å². The standard InChI is InChI=1S/C20H20N4O2/c1-2-26-20(25)22-15-11-9-14(10-12-15)21-19-16-5-3-4-6-17(16)23-18(24-19)13-7-8-13/h3-6,9-13H,2,7-8H2,1H3,(H,22,25)(H,21,23,24). The van der Waals surface area contributed by atoms with E-state index in [-0.39, 0.29) is 0 Å². The molecule has 0 aliphatic heterocycles. The number of fused-ring (bicyclic) bond motifs is 1. The molecule has 4 rings (SSSR count). The largest absolute Gasteiger partial charge is 0.450 e. The van der Waals surface area contributed by atoms with Crippen molar-refractivity contribution in [2.75, 3.05) is 17.2 Å². The normalized spacial score (nSPS) is 13.4. The summed E-state index contributed by atoms with van der Waals surface area (Å²) < 4.78 is 4.88. The molecule has 6 nitrogen and oxygen atoms in total. The molecule has 1 aliphatic carbocycles. The molecule has 132 valence electrons. The second-order valence-electron chi connectivity index (χ2n) is 6.27. The molecule has 1 fully saturated rings. The number of amides is 1. The molecule has 1 saturated carbocycles. The van der Waals surface area contributed by atoms with E-state index in [1.165, 1.54) is 0 Å². The van der Waals surface area contributed by atoms with Crippen LogP contribution in [0.15, 0.2) is 48.5 Å². The summed E-state index contributed by atoms with van der Waals surface area (Å²) in [5.74, 6) is 2.20. The van der Waals surface area contributed by atoms with E-state index in [4.69, 9.17) is 14.7 Å². The van der Waals surface area contributed by atoms with Crippen molar-refractivity contribution in [3.63, 3.8) is 0 Å². The van der Waals surface area contributed by atoms with Crippen molar-refractivity contribution >= 4 is 34.2 Å². The SMILES string of the molecule is CCOC(=O)Nc1ccc(Nc2nc(C3CC3)nc3ccccc23)cc1. The highest BCUT2D eigenvalue weighted by atomic mass is 16.5. The van der Waals surface area contributed by atoms with Gasteiger partial charge in [-0.3, -0.25) is 5.32 Å². The number of hydrogen-bond donors (Lipinski definition) is 2. The lowest BCUT2D eigenvalue weighted by Crippen LogP contribution is -2.13. The number of rotatable bonds is 5. The molecule has 1 amide bonds. The molecule has 0 atom stereocenters.